The van der Waals surface area contributed by atoms with E-state index in [0.29, 0.717) is 13.0 Å². The summed E-state index contributed by atoms with van der Waals surface area (Å²) >= 11 is 0. The van der Waals surface area contributed by atoms with Gasteiger partial charge in [-0.15, -0.1) is 10.2 Å². The first kappa shape index (κ1) is 19.2. The van der Waals surface area contributed by atoms with Gasteiger partial charge in [-0.25, -0.2) is 4.39 Å². The van der Waals surface area contributed by atoms with Crippen molar-refractivity contribution in [2.24, 2.45) is 5.92 Å². The summed E-state index contributed by atoms with van der Waals surface area (Å²) in [5.41, 5.74) is 1.82. The third-order valence-electron chi connectivity index (χ3n) is 6.08. The Labute approximate surface area is 176 Å². The number of nitrogens with one attached hydrogen (secondary N) is 1. The van der Waals surface area contributed by atoms with Gasteiger partial charge in [0.15, 0.2) is 5.82 Å². The fraction of sp³-hybridized carbons (Fsp3) is 0.417. The molecule has 2 fully saturated rings. The molecule has 5 nitrogen and oxygen atoms in total. The van der Waals surface area contributed by atoms with Crippen LogP contribution >= 0.6 is 0 Å². The van der Waals surface area contributed by atoms with E-state index in [4.69, 9.17) is 4.74 Å². The molecule has 0 bridgehead atoms. The average molecular weight is 407 g/mol. The van der Waals surface area contributed by atoms with Crippen molar-refractivity contribution in [3.63, 3.8) is 0 Å². The quantitative estimate of drug-likeness (QED) is 0.651. The first-order valence-electron chi connectivity index (χ1n) is 10.7. The predicted molar refractivity (Wildman–Crippen MR) is 118 cm³/mol. The number of anilines is 1. The normalized spacial score (nSPS) is 22.2. The summed E-state index contributed by atoms with van der Waals surface area (Å²) in [5, 5.41) is 14.6. The van der Waals surface area contributed by atoms with Crippen LogP contribution in [0.15, 0.2) is 48.5 Å². The number of nitrogens with zero attached hydrogens (tertiary/aromatic N) is 3. The van der Waals surface area contributed by atoms with E-state index in [9.17, 15) is 4.39 Å². The maximum atomic E-state index is 14.4. The Hall–Kier alpha value is -2.73. The Bertz CT molecular complexity index is 1020. The van der Waals surface area contributed by atoms with Gasteiger partial charge in [0.1, 0.15) is 17.6 Å². The second kappa shape index (κ2) is 8.19. The maximum absolute atomic E-state index is 14.4. The number of methoxy groups -OCH3 is 1. The molecule has 3 aromatic rings. The lowest BCUT2D eigenvalue weighted by molar-refractivity contribution is 0.125. The SMILES string of the molecule is COc1ccc(-c2nnc(N[C@@H]3C[C@@H](F)CN(CC4CC4)C3)c3ccccc23)cc1. The Morgan fingerprint density at radius 2 is 1.80 bits per heavy atom. The van der Waals surface area contributed by atoms with Crippen molar-refractivity contribution in [1.82, 2.24) is 15.1 Å². The fourth-order valence-corrected chi connectivity index (χ4v) is 4.41. The number of piperidine rings is 1. The number of halogens is 1. The monoisotopic (exact) mass is 406 g/mol. The summed E-state index contributed by atoms with van der Waals surface area (Å²) in [6, 6.07) is 16.0. The van der Waals surface area contributed by atoms with Gasteiger partial charge in [-0.1, -0.05) is 24.3 Å². The molecule has 1 aliphatic carbocycles. The molecular weight excluding hydrogens is 379 g/mol. The minimum absolute atomic E-state index is 0.0389. The topological polar surface area (TPSA) is 50.3 Å². The number of alkyl halides is 1. The molecule has 1 aromatic heterocycles. The Balaban J connectivity index is 1.42. The van der Waals surface area contributed by atoms with Crippen molar-refractivity contribution in [1.29, 1.82) is 0 Å². The molecule has 0 spiro atoms. The smallest absolute Gasteiger partial charge is 0.156 e. The van der Waals surface area contributed by atoms with Crippen LogP contribution in [0.5, 0.6) is 5.75 Å². The summed E-state index contributed by atoms with van der Waals surface area (Å²) < 4.78 is 19.7. The number of hydrogen-bond acceptors (Lipinski definition) is 5. The van der Waals surface area contributed by atoms with Crippen molar-refractivity contribution >= 4 is 16.6 Å². The van der Waals surface area contributed by atoms with Crippen LogP contribution in [-0.2, 0) is 0 Å². The molecule has 0 unspecified atom stereocenters. The second-order valence-electron chi connectivity index (χ2n) is 8.51. The van der Waals surface area contributed by atoms with E-state index in [2.05, 4.69) is 32.5 Å². The van der Waals surface area contributed by atoms with Gasteiger partial charge >= 0.3 is 0 Å². The molecule has 1 N–H and O–H groups in total. The molecule has 0 radical (unpaired) electrons. The molecule has 2 atom stereocenters. The number of fused-ring (bicyclic) bond motifs is 1. The van der Waals surface area contributed by atoms with E-state index in [1.807, 2.05) is 36.4 Å². The molecule has 0 amide bonds. The minimum atomic E-state index is -0.798. The molecule has 2 aliphatic rings. The summed E-state index contributed by atoms with van der Waals surface area (Å²) in [4.78, 5) is 2.27. The average Bonchev–Trinajstić information content (AvgIpc) is 3.58. The fourth-order valence-electron chi connectivity index (χ4n) is 4.41. The first-order valence-corrected chi connectivity index (χ1v) is 10.7. The molecule has 5 rings (SSSR count). The summed E-state index contributed by atoms with van der Waals surface area (Å²) in [5.74, 6) is 2.30. The van der Waals surface area contributed by atoms with Gasteiger partial charge < -0.3 is 10.1 Å². The van der Waals surface area contributed by atoms with Crippen LogP contribution in [0.2, 0.25) is 0 Å². The van der Waals surface area contributed by atoms with E-state index >= 15 is 0 Å². The van der Waals surface area contributed by atoms with Crippen molar-refractivity contribution in [3.05, 3.63) is 48.5 Å². The molecule has 156 valence electrons. The van der Waals surface area contributed by atoms with Crippen LogP contribution in [0.25, 0.3) is 22.0 Å². The summed E-state index contributed by atoms with van der Waals surface area (Å²) in [7, 11) is 1.66. The van der Waals surface area contributed by atoms with E-state index in [1.54, 1.807) is 7.11 Å². The lowest BCUT2D eigenvalue weighted by Crippen LogP contribution is -2.48. The minimum Gasteiger partial charge on any atom is -0.497 e. The molecular formula is C24H27FN4O. The number of benzene rings is 2. The third-order valence-corrected chi connectivity index (χ3v) is 6.08. The largest absolute Gasteiger partial charge is 0.497 e. The number of hydrogen-bond donors (Lipinski definition) is 1. The molecule has 2 heterocycles. The second-order valence-corrected chi connectivity index (χ2v) is 8.51. The van der Waals surface area contributed by atoms with Crippen LogP contribution in [0, 0.1) is 5.92 Å². The van der Waals surface area contributed by atoms with Crippen molar-refractivity contribution in [2.75, 3.05) is 32.1 Å². The van der Waals surface area contributed by atoms with Gasteiger partial charge in [0.05, 0.1) is 7.11 Å². The summed E-state index contributed by atoms with van der Waals surface area (Å²) in [6.07, 6.45) is 2.29. The molecule has 2 aromatic carbocycles. The molecule has 1 saturated carbocycles. The zero-order valence-corrected chi connectivity index (χ0v) is 17.2. The van der Waals surface area contributed by atoms with Gasteiger partial charge in [-0.2, -0.15) is 0 Å². The Morgan fingerprint density at radius 1 is 1.03 bits per heavy atom. The van der Waals surface area contributed by atoms with Crippen LogP contribution in [0.3, 0.4) is 0 Å². The molecule has 6 heteroatoms. The van der Waals surface area contributed by atoms with E-state index < -0.39 is 6.17 Å². The van der Waals surface area contributed by atoms with Crippen LogP contribution in [0.1, 0.15) is 19.3 Å². The van der Waals surface area contributed by atoms with E-state index in [1.165, 1.54) is 12.8 Å². The van der Waals surface area contributed by atoms with Crippen molar-refractivity contribution in [3.8, 4) is 17.0 Å². The maximum Gasteiger partial charge on any atom is 0.156 e. The lowest BCUT2D eigenvalue weighted by Gasteiger charge is -2.35. The van der Waals surface area contributed by atoms with Gasteiger partial charge in [0.2, 0.25) is 0 Å². The van der Waals surface area contributed by atoms with Gasteiger partial charge in [-0.3, -0.25) is 4.90 Å². The highest BCUT2D eigenvalue weighted by atomic mass is 19.1. The molecule has 1 aliphatic heterocycles. The standard InChI is InChI=1S/C24H27FN4O/c1-30-20-10-8-17(9-11-20)23-21-4-2-3-5-22(21)24(28-27-23)26-19-12-18(25)14-29(15-19)13-16-6-7-16/h2-5,8-11,16,18-19H,6-7,12-15H2,1H3,(H,26,28)/t18-,19-/m1/s1. The summed E-state index contributed by atoms with van der Waals surface area (Å²) in [6.45, 7) is 2.42. The van der Waals surface area contributed by atoms with Crippen molar-refractivity contribution < 1.29 is 9.13 Å². The number of aromatic nitrogens is 2. The zero-order valence-electron chi connectivity index (χ0n) is 17.2. The van der Waals surface area contributed by atoms with Crippen LogP contribution < -0.4 is 10.1 Å². The highest BCUT2D eigenvalue weighted by Crippen LogP contribution is 2.33. The highest BCUT2D eigenvalue weighted by Gasteiger charge is 2.32. The number of ether oxygens (including phenoxy) is 1. The molecule has 1 saturated heterocycles. The van der Waals surface area contributed by atoms with E-state index in [0.717, 1.165) is 52.6 Å². The van der Waals surface area contributed by atoms with Crippen LogP contribution in [0.4, 0.5) is 10.2 Å². The van der Waals surface area contributed by atoms with Crippen LogP contribution in [-0.4, -0.2) is 54.1 Å². The van der Waals surface area contributed by atoms with Gasteiger partial charge in [0.25, 0.3) is 0 Å². The van der Waals surface area contributed by atoms with Gasteiger partial charge in [0, 0.05) is 48.4 Å². The first-order chi connectivity index (χ1) is 14.7. The van der Waals surface area contributed by atoms with E-state index in [-0.39, 0.29) is 6.04 Å². The lowest BCUT2D eigenvalue weighted by atomic mass is 10.0. The Morgan fingerprint density at radius 3 is 2.53 bits per heavy atom. The van der Waals surface area contributed by atoms with Crippen molar-refractivity contribution in [2.45, 2.75) is 31.5 Å². The number of rotatable bonds is 6. The Kier molecular flexibility index (Phi) is 5.25. The van der Waals surface area contributed by atoms with Gasteiger partial charge in [-0.05, 0) is 43.0 Å². The molecule has 30 heavy (non-hydrogen) atoms. The highest BCUT2D eigenvalue weighted by molar-refractivity contribution is 6.00. The third kappa shape index (κ3) is 4.10. The predicted octanol–water partition coefficient (Wildman–Crippen LogP) is 4.54. The number of likely N-dealkylation sites (tertiary alicyclic amines) is 1. The zero-order chi connectivity index (χ0) is 20.5.